The van der Waals surface area contributed by atoms with E-state index in [2.05, 4.69) is 4.72 Å². The van der Waals surface area contributed by atoms with Gasteiger partial charge in [0.05, 0.1) is 0 Å². The molecule has 0 spiro atoms. The van der Waals surface area contributed by atoms with E-state index in [-0.39, 0.29) is 4.21 Å². The van der Waals surface area contributed by atoms with Crippen molar-refractivity contribution in [1.29, 1.82) is 0 Å². The maximum Gasteiger partial charge on any atom is 0.243 e. The number of hydrogen-bond acceptors (Lipinski definition) is 6. The Kier molecular flexibility index (Phi) is 5.77. The van der Waals surface area contributed by atoms with Crippen LogP contribution in [0, 0.1) is 11.6 Å². The lowest BCUT2D eigenvalue weighted by Crippen LogP contribution is -2.32. The van der Waals surface area contributed by atoms with Crippen LogP contribution in [0.15, 0.2) is 62.3 Å². The highest BCUT2D eigenvalue weighted by atomic mass is 32.2. The van der Waals surface area contributed by atoms with E-state index in [1.165, 1.54) is 6.07 Å². The standard InChI is InChI=1S/C16H13F2NO4S4/c17-11-5-6-12(18)14(9-11)27(22,23)19-10-15(13-3-1-7-24-13)26(20,21)16-4-2-8-25-16/h1-9,15,19H,10H2/t15-/m1/s1. The van der Waals surface area contributed by atoms with Crippen LogP contribution in [-0.2, 0) is 19.9 Å². The van der Waals surface area contributed by atoms with Gasteiger partial charge in [-0.2, -0.15) is 0 Å². The number of rotatable bonds is 7. The van der Waals surface area contributed by atoms with Gasteiger partial charge >= 0.3 is 0 Å². The number of hydrogen-bond donors (Lipinski definition) is 1. The van der Waals surface area contributed by atoms with Gasteiger partial charge in [-0.25, -0.2) is 30.3 Å². The Balaban J connectivity index is 1.93. The van der Waals surface area contributed by atoms with E-state index in [0.29, 0.717) is 17.0 Å². The molecule has 0 fully saturated rings. The summed E-state index contributed by atoms with van der Waals surface area (Å²) in [5, 5.41) is 2.08. The van der Waals surface area contributed by atoms with Gasteiger partial charge in [-0.15, -0.1) is 22.7 Å². The molecular formula is C16H13F2NO4S4. The van der Waals surface area contributed by atoms with Crippen LogP contribution in [0.1, 0.15) is 10.1 Å². The molecule has 1 atom stereocenters. The van der Waals surface area contributed by atoms with Crippen molar-refractivity contribution in [3.63, 3.8) is 0 Å². The Morgan fingerprint density at radius 3 is 2.30 bits per heavy atom. The zero-order valence-electron chi connectivity index (χ0n) is 13.5. The molecule has 3 rings (SSSR count). The van der Waals surface area contributed by atoms with Crippen LogP contribution in [0.3, 0.4) is 0 Å². The highest BCUT2D eigenvalue weighted by Gasteiger charge is 2.32. The number of nitrogens with one attached hydrogen (secondary N) is 1. The van der Waals surface area contributed by atoms with Gasteiger partial charge in [-0.1, -0.05) is 12.1 Å². The molecule has 0 amide bonds. The molecule has 144 valence electrons. The van der Waals surface area contributed by atoms with Crippen molar-refractivity contribution in [2.45, 2.75) is 14.4 Å². The molecule has 0 bridgehead atoms. The number of sulfone groups is 1. The van der Waals surface area contributed by atoms with Gasteiger partial charge in [0.15, 0.2) is 9.84 Å². The monoisotopic (exact) mass is 449 g/mol. The normalized spacial score (nSPS) is 13.6. The third-order valence-electron chi connectivity index (χ3n) is 3.65. The SMILES string of the molecule is O=S(=O)(NC[C@H](c1cccs1)S(=O)(=O)c1cccs1)c1cc(F)ccc1F. The minimum Gasteiger partial charge on any atom is -0.222 e. The predicted molar refractivity (Wildman–Crippen MR) is 100 cm³/mol. The summed E-state index contributed by atoms with van der Waals surface area (Å²) in [4.78, 5) is -0.438. The van der Waals surface area contributed by atoms with Gasteiger partial charge in [-0.3, -0.25) is 0 Å². The minimum atomic E-state index is -4.45. The van der Waals surface area contributed by atoms with Crippen LogP contribution in [0.4, 0.5) is 8.78 Å². The maximum absolute atomic E-state index is 13.8. The Morgan fingerprint density at radius 1 is 0.963 bits per heavy atom. The summed E-state index contributed by atoms with van der Waals surface area (Å²) in [5.41, 5.74) is 0. The zero-order valence-corrected chi connectivity index (χ0v) is 16.8. The van der Waals surface area contributed by atoms with Crippen molar-refractivity contribution in [2.24, 2.45) is 0 Å². The molecule has 2 aromatic heterocycles. The average molecular weight is 450 g/mol. The Morgan fingerprint density at radius 2 is 1.67 bits per heavy atom. The summed E-state index contributed by atoms with van der Waals surface area (Å²) in [6.07, 6.45) is 0. The summed E-state index contributed by atoms with van der Waals surface area (Å²) in [6, 6.07) is 8.28. The average Bonchev–Trinajstić information content (AvgIpc) is 3.30. The van der Waals surface area contributed by atoms with Crippen molar-refractivity contribution < 1.29 is 25.6 Å². The van der Waals surface area contributed by atoms with E-state index in [9.17, 15) is 25.6 Å². The van der Waals surface area contributed by atoms with Crippen molar-refractivity contribution in [1.82, 2.24) is 4.72 Å². The van der Waals surface area contributed by atoms with Gasteiger partial charge < -0.3 is 0 Å². The molecule has 11 heteroatoms. The lowest BCUT2D eigenvalue weighted by atomic mass is 10.3. The molecule has 0 aliphatic heterocycles. The van der Waals surface area contributed by atoms with Gasteiger partial charge in [0.2, 0.25) is 10.0 Å². The zero-order chi connectivity index (χ0) is 19.7. The van der Waals surface area contributed by atoms with Crippen LogP contribution < -0.4 is 4.72 Å². The fourth-order valence-corrected chi connectivity index (χ4v) is 7.58. The summed E-state index contributed by atoms with van der Waals surface area (Å²) < 4.78 is 79.9. The highest BCUT2D eigenvalue weighted by Crippen LogP contribution is 2.33. The van der Waals surface area contributed by atoms with Crippen LogP contribution in [0.25, 0.3) is 0 Å². The van der Waals surface area contributed by atoms with Crippen LogP contribution >= 0.6 is 22.7 Å². The molecule has 5 nitrogen and oxygen atoms in total. The molecule has 0 saturated carbocycles. The fourth-order valence-electron chi connectivity index (χ4n) is 2.35. The third kappa shape index (κ3) is 4.27. The smallest absolute Gasteiger partial charge is 0.222 e. The molecule has 0 aliphatic carbocycles. The molecule has 0 saturated heterocycles. The first-order valence-corrected chi connectivity index (χ1v) is 12.3. The maximum atomic E-state index is 13.8. The summed E-state index contributed by atoms with van der Waals surface area (Å²) in [6.45, 7) is -0.515. The second kappa shape index (κ2) is 7.76. The van der Waals surface area contributed by atoms with E-state index in [0.717, 1.165) is 28.7 Å². The number of sulfonamides is 1. The van der Waals surface area contributed by atoms with Crippen molar-refractivity contribution >= 4 is 42.5 Å². The lowest BCUT2D eigenvalue weighted by Gasteiger charge is -2.16. The molecule has 0 aliphatic rings. The van der Waals surface area contributed by atoms with Gasteiger partial charge in [0, 0.05) is 11.4 Å². The Labute approximate surface area is 163 Å². The highest BCUT2D eigenvalue weighted by molar-refractivity contribution is 7.94. The molecular weight excluding hydrogens is 436 g/mol. The molecule has 2 heterocycles. The molecule has 27 heavy (non-hydrogen) atoms. The Hall–Kier alpha value is -1.66. The lowest BCUT2D eigenvalue weighted by molar-refractivity contribution is 0.544. The van der Waals surface area contributed by atoms with Crippen molar-refractivity contribution in [3.05, 3.63) is 69.7 Å². The van der Waals surface area contributed by atoms with Crippen LogP contribution in [-0.4, -0.2) is 23.4 Å². The van der Waals surface area contributed by atoms with Crippen molar-refractivity contribution in [2.75, 3.05) is 6.54 Å². The molecule has 0 unspecified atom stereocenters. The number of halogens is 2. The van der Waals surface area contributed by atoms with Crippen molar-refractivity contribution in [3.8, 4) is 0 Å². The molecule has 0 radical (unpaired) electrons. The first-order valence-electron chi connectivity index (χ1n) is 7.47. The summed E-state index contributed by atoms with van der Waals surface area (Å²) >= 11 is 2.18. The van der Waals surface area contributed by atoms with E-state index in [1.54, 1.807) is 29.0 Å². The fraction of sp³-hybridized carbons (Fsp3) is 0.125. The van der Waals surface area contributed by atoms with Crippen LogP contribution in [0.2, 0.25) is 0 Å². The van der Waals surface area contributed by atoms with E-state index >= 15 is 0 Å². The van der Waals surface area contributed by atoms with E-state index in [1.807, 2.05) is 0 Å². The number of benzene rings is 1. The minimum absolute atomic E-state index is 0.0945. The first kappa shape index (κ1) is 20.1. The molecule has 3 aromatic rings. The van der Waals surface area contributed by atoms with E-state index < -0.39 is 48.2 Å². The van der Waals surface area contributed by atoms with E-state index in [4.69, 9.17) is 0 Å². The topological polar surface area (TPSA) is 80.3 Å². The quantitative estimate of drug-likeness (QED) is 0.598. The number of thiophene rings is 2. The second-order valence-electron chi connectivity index (χ2n) is 5.41. The third-order valence-corrected chi connectivity index (χ3v) is 9.74. The second-order valence-corrected chi connectivity index (χ2v) is 11.4. The molecule has 1 N–H and O–H groups in total. The van der Waals surface area contributed by atoms with Gasteiger partial charge in [0.25, 0.3) is 0 Å². The predicted octanol–water partition coefficient (Wildman–Crippen LogP) is 3.58. The Bertz CT molecular complexity index is 1130. The largest absolute Gasteiger partial charge is 0.243 e. The first-order chi connectivity index (χ1) is 12.7. The van der Waals surface area contributed by atoms with Gasteiger partial charge in [-0.05, 0) is 41.1 Å². The molecule has 1 aromatic carbocycles. The van der Waals surface area contributed by atoms with Gasteiger partial charge in [0.1, 0.15) is 26.0 Å². The summed E-state index contributed by atoms with van der Waals surface area (Å²) in [5.74, 6) is -2.05. The summed E-state index contributed by atoms with van der Waals surface area (Å²) in [7, 11) is -8.32. The van der Waals surface area contributed by atoms with Crippen LogP contribution in [0.5, 0.6) is 0 Å².